The van der Waals surface area contributed by atoms with Crippen LogP contribution in [0.5, 0.6) is 0 Å². The molecule has 1 fully saturated rings. The maximum absolute atomic E-state index is 12.2. The van der Waals surface area contributed by atoms with Crippen LogP contribution >= 0.6 is 0 Å². The van der Waals surface area contributed by atoms with E-state index in [4.69, 9.17) is 0 Å². The summed E-state index contributed by atoms with van der Waals surface area (Å²) in [6.07, 6.45) is 4.59. The number of carboxylic acid groups (broad SMARTS) is 1. The summed E-state index contributed by atoms with van der Waals surface area (Å²) in [5.74, 6) is -1.76. The van der Waals surface area contributed by atoms with Gasteiger partial charge in [0.1, 0.15) is 0 Å². The summed E-state index contributed by atoms with van der Waals surface area (Å²) in [7, 11) is 0. The molecule has 0 radical (unpaired) electrons. The van der Waals surface area contributed by atoms with Gasteiger partial charge < -0.3 is 10.4 Å². The molecule has 1 aromatic heterocycles. The third-order valence-electron chi connectivity index (χ3n) is 3.83. The molecule has 1 heterocycles. The molecule has 6 heteroatoms. The minimum atomic E-state index is -0.875. The van der Waals surface area contributed by atoms with Crippen LogP contribution in [0, 0.1) is 17.8 Å². The predicted octanol–water partition coefficient (Wildman–Crippen LogP) is 1.33. The van der Waals surface area contributed by atoms with Crippen molar-refractivity contribution < 1.29 is 14.7 Å². The van der Waals surface area contributed by atoms with Gasteiger partial charge in [-0.1, -0.05) is 6.92 Å². The molecule has 3 N–H and O–H groups in total. The quantitative estimate of drug-likeness (QED) is 0.765. The van der Waals surface area contributed by atoms with E-state index in [9.17, 15) is 14.7 Å². The number of aromatic amines is 1. The van der Waals surface area contributed by atoms with Crippen LogP contribution in [0.3, 0.4) is 0 Å². The van der Waals surface area contributed by atoms with Gasteiger partial charge in [0, 0.05) is 11.8 Å². The Morgan fingerprint density at radius 1 is 1.47 bits per heavy atom. The van der Waals surface area contributed by atoms with Crippen molar-refractivity contribution >= 4 is 11.9 Å². The van der Waals surface area contributed by atoms with E-state index < -0.39 is 17.8 Å². The molecule has 1 amide bonds. The van der Waals surface area contributed by atoms with Crippen LogP contribution < -0.4 is 5.32 Å². The van der Waals surface area contributed by atoms with E-state index in [1.807, 2.05) is 13.8 Å². The normalized spacial score (nSPS) is 28.0. The zero-order valence-corrected chi connectivity index (χ0v) is 11.1. The molecule has 0 aliphatic heterocycles. The van der Waals surface area contributed by atoms with Gasteiger partial charge in [0.2, 0.25) is 5.91 Å². The highest BCUT2D eigenvalue weighted by Crippen LogP contribution is 2.36. The van der Waals surface area contributed by atoms with Crippen LogP contribution in [0.4, 0.5) is 0 Å². The molecule has 1 saturated carbocycles. The van der Waals surface area contributed by atoms with Gasteiger partial charge in [-0.2, -0.15) is 5.10 Å². The fourth-order valence-corrected chi connectivity index (χ4v) is 2.76. The maximum Gasteiger partial charge on any atom is 0.307 e. The second-order valence-corrected chi connectivity index (χ2v) is 5.39. The molecule has 0 bridgehead atoms. The third kappa shape index (κ3) is 2.94. The first-order valence-electron chi connectivity index (χ1n) is 6.51. The van der Waals surface area contributed by atoms with E-state index in [1.54, 1.807) is 12.4 Å². The Bertz CT molecular complexity index is 458. The lowest BCUT2D eigenvalue weighted by atomic mass is 9.95. The number of rotatable bonds is 4. The molecule has 4 atom stereocenters. The van der Waals surface area contributed by atoms with Crippen molar-refractivity contribution in [3.8, 4) is 0 Å². The van der Waals surface area contributed by atoms with Gasteiger partial charge >= 0.3 is 5.97 Å². The van der Waals surface area contributed by atoms with Crippen molar-refractivity contribution in [3.05, 3.63) is 18.0 Å². The largest absolute Gasteiger partial charge is 0.481 e. The van der Waals surface area contributed by atoms with Gasteiger partial charge in [-0.25, -0.2) is 0 Å². The molecule has 0 saturated heterocycles. The van der Waals surface area contributed by atoms with Gasteiger partial charge in [0.05, 0.1) is 24.1 Å². The lowest BCUT2D eigenvalue weighted by molar-refractivity contribution is -0.146. The van der Waals surface area contributed by atoms with Crippen LogP contribution in [0.15, 0.2) is 12.4 Å². The summed E-state index contributed by atoms with van der Waals surface area (Å²) in [6.45, 7) is 3.85. The first-order valence-corrected chi connectivity index (χ1v) is 6.51. The lowest BCUT2D eigenvalue weighted by Crippen LogP contribution is -2.36. The van der Waals surface area contributed by atoms with E-state index in [-0.39, 0.29) is 17.9 Å². The average Bonchev–Trinajstić information content (AvgIpc) is 2.96. The minimum absolute atomic E-state index is 0.170. The SMILES string of the molecule is CC1C[C@H](C(=O)NC(C)c2cn[nH]c2)[C@H](C(=O)O)C1. The number of carboxylic acids is 1. The topological polar surface area (TPSA) is 95.1 Å². The number of hydrogen-bond donors (Lipinski definition) is 3. The molecule has 1 aliphatic carbocycles. The number of nitrogens with one attached hydrogen (secondary N) is 2. The molecule has 0 spiro atoms. The number of amides is 1. The van der Waals surface area contributed by atoms with Gasteiger partial charge in [-0.05, 0) is 25.7 Å². The highest BCUT2D eigenvalue weighted by molar-refractivity contribution is 5.85. The Labute approximate surface area is 111 Å². The van der Waals surface area contributed by atoms with Crippen LogP contribution in [0.2, 0.25) is 0 Å². The number of aliphatic carboxylic acids is 1. The van der Waals surface area contributed by atoms with E-state index in [0.717, 1.165) is 5.56 Å². The fourth-order valence-electron chi connectivity index (χ4n) is 2.76. The summed E-state index contributed by atoms with van der Waals surface area (Å²) < 4.78 is 0. The molecular formula is C13H19N3O3. The Morgan fingerprint density at radius 2 is 2.16 bits per heavy atom. The molecule has 19 heavy (non-hydrogen) atoms. The Hall–Kier alpha value is -1.85. The van der Waals surface area contributed by atoms with E-state index in [2.05, 4.69) is 15.5 Å². The second kappa shape index (κ2) is 5.42. The van der Waals surface area contributed by atoms with Gasteiger partial charge in [-0.15, -0.1) is 0 Å². The van der Waals surface area contributed by atoms with Crippen molar-refractivity contribution in [2.45, 2.75) is 32.7 Å². The number of nitrogens with zero attached hydrogens (tertiary/aromatic N) is 1. The standard InChI is InChI=1S/C13H19N3O3/c1-7-3-10(11(4-7)13(18)19)12(17)16-8(2)9-5-14-15-6-9/h5-8,10-11H,3-4H2,1-2H3,(H,14,15)(H,16,17)(H,18,19)/t7?,8?,10-,11+/m0/s1. The van der Waals surface area contributed by atoms with Gasteiger partial charge in [0.25, 0.3) is 0 Å². The molecular weight excluding hydrogens is 246 g/mol. The zero-order chi connectivity index (χ0) is 14.0. The first-order chi connectivity index (χ1) is 8.99. The summed E-state index contributed by atoms with van der Waals surface area (Å²) in [4.78, 5) is 23.4. The van der Waals surface area contributed by atoms with Crippen LogP contribution in [0.25, 0.3) is 0 Å². The Morgan fingerprint density at radius 3 is 2.74 bits per heavy atom. The number of H-pyrrole nitrogens is 1. The number of hydrogen-bond acceptors (Lipinski definition) is 3. The lowest BCUT2D eigenvalue weighted by Gasteiger charge is -2.19. The molecule has 0 aromatic carbocycles. The minimum Gasteiger partial charge on any atom is -0.481 e. The van der Waals surface area contributed by atoms with Gasteiger partial charge in [-0.3, -0.25) is 14.7 Å². The highest BCUT2D eigenvalue weighted by atomic mass is 16.4. The number of aromatic nitrogens is 2. The van der Waals surface area contributed by atoms with E-state index in [1.165, 1.54) is 0 Å². The Kier molecular flexibility index (Phi) is 3.87. The number of carbonyl (C=O) groups is 2. The summed E-state index contributed by atoms with van der Waals surface area (Å²) in [5, 5.41) is 18.6. The molecule has 6 nitrogen and oxygen atoms in total. The average molecular weight is 265 g/mol. The summed E-state index contributed by atoms with van der Waals surface area (Å²) in [6, 6.07) is -0.170. The molecule has 1 aliphatic rings. The monoisotopic (exact) mass is 265 g/mol. The van der Waals surface area contributed by atoms with E-state index >= 15 is 0 Å². The smallest absolute Gasteiger partial charge is 0.307 e. The molecule has 2 unspecified atom stereocenters. The highest BCUT2D eigenvalue weighted by Gasteiger charge is 2.41. The summed E-state index contributed by atoms with van der Waals surface area (Å²) >= 11 is 0. The molecule has 104 valence electrons. The molecule has 2 rings (SSSR count). The van der Waals surface area contributed by atoms with Crippen LogP contribution in [0.1, 0.15) is 38.3 Å². The maximum atomic E-state index is 12.2. The van der Waals surface area contributed by atoms with Crippen molar-refractivity contribution in [2.75, 3.05) is 0 Å². The fraction of sp³-hybridized carbons (Fsp3) is 0.615. The first kappa shape index (κ1) is 13.6. The van der Waals surface area contributed by atoms with E-state index in [0.29, 0.717) is 12.8 Å². The van der Waals surface area contributed by atoms with Crippen LogP contribution in [-0.4, -0.2) is 27.2 Å². The predicted molar refractivity (Wildman–Crippen MR) is 68.2 cm³/mol. The van der Waals surface area contributed by atoms with Crippen molar-refractivity contribution in [2.24, 2.45) is 17.8 Å². The Balaban J connectivity index is 2.01. The van der Waals surface area contributed by atoms with Crippen molar-refractivity contribution in [3.63, 3.8) is 0 Å². The van der Waals surface area contributed by atoms with Crippen molar-refractivity contribution in [1.29, 1.82) is 0 Å². The van der Waals surface area contributed by atoms with Gasteiger partial charge in [0.15, 0.2) is 0 Å². The number of carbonyl (C=O) groups excluding carboxylic acids is 1. The second-order valence-electron chi connectivity index (χ2n) is 5.39. The molecule has 1 aromatic rings. The third-order valence-corrected chi connectivity index (χ3v) is 3.83. The van der Waals surface area contributed by atoms with Crippen molar-refractivity contribution in [1.82, 2.24) is 15.5 Å². The summed E-state index contributed by atoms with van der Waals surface area (Å²) in [5.41, 5.74) is 0.881. The van der Waals surface area contributed by atoms with Crippen LogP contribution in [-0.2, 0) is 9.59 Å². The zero-order valence-electron chi connectivity index (χ0n) is 11.1.